The molecule has 0 unspecified atom stereocenters. The molecular formula is C11H12F3NO4S. The second-order valence-electron chi connectivity index (χ2n) is 4.30. The Balaban J connectivity index is 3.40. The third-order valence-corrected chi connectivity index (χ3v) is 3.11. The highest BCUT2D eigenvalue weighted by Crippen LogP contribution is 2.33. The van der Waals surface area contributed by atoms with Crippen LogP contribution in [0, 0.1) is 0 Å². The number of pyridine rings is 1. The summed E-state index contributed by atoms with van der Waals surface area (Å²) >= 11 is 0. The first kappa shape index (κ1) is 16.4. The van der Waals surface area contributed by atoms with E-state index in [2.05, 4.69) is 4.98 Å². The van der Waals surface area contributed by atoms with Crippen LogP contribution in [-0.4, -0.2) is 31.7 Å². The van der Waals surface area contributed by atoms with Gasteiger partial charge < -0.3 is 4.74 Å². The molecule has 9 heteroatoms. The molecule has 0 saturated heterocycles. The predicted molar refractivity (Wildman–Crippen MR) is 62.9 cm³/mol. The summed E-state index contributed by atoms with van der Waals surface area (Å²) in [6.07, 6.45) is -4.11. The maximum Gasteiger partial charge on any atom is 0.419 e. The second-order valence-corrected chi connectivity index (χ2v) is 6.23. The van der Waals surface area contributed by atoms with E-state index in [1.54, 1.807) is 0 Å². The topological polar surface area (TPSA) is 73.3 Å². The number of nitrogens with zero attached hydrogens (tertiary/aromatic N) is 1. The van der Waals surface area contributed by atoms with Gasteiger partial charge in [-0.1, -0.05) is 0 Å². The van der Waals surface area contributed by atoms with E-state index in [9.17, 15) is 26.4 Å². The van der Waals surface area contributed by atoms with Gasteiger partial charge in [0, 0.05) is 12.5 Å². The number of aromatic nitrogens is 1. The molecule has 0 aliphatic rings. The Hall–Kier alpha value is -1.64. The number of alkyl halides is 3. The third kappa shape index (κ3) is 3.92. The molecular weight excluding hydrogens is 299 g/mol. The fourth-order valence-electron chi connectivity index (χ4n) is 1.34. The predicted octanol–water partition coefficient (Wildman–Crippen LogP) is 2.07. The zero-order chi connectivity index (χ0) is 15.7. The largest absolute Gasteiger partial charge is 0.459 e. The van der Waals surface area contributed by atoms with E-state index in [0.29, 0.717) is 12.3 Å². The number of hydrogen-bond donors (Lipinski definition) is 0. The lowest BCUT2D eigenvalue weighted by Crippen LogP contribution is -2.18. The van der Waals surface area contributed by atoms with Crippen molar-refractivity contribution in [2.24, 2.45) is 0 Å². The number of ether oxygens (including phenoxy) is 1. The van der Waals surface area contributed by atoms with Crippen molar-refractivity contribution in [3.05, 3.63) is 23.4 Å². The van der Waals surface area contributed by atoms with Crippen LogP contribution in [0.25, 0.3) is 0 Å². The van der Waals surface area contributed by atoms with Crippen molar-refractivity contribution in [2.75, 3.05) is 6.26 Å². The fourth-order valence-corrected chi connectivity index (χ4v) is 2.16. The van der Waals surface area contributed by atoms with E-state index < -0.39 is 44.2 Å². The van der Waals surface area contributed by atoms with Crippen molar-refractivity contribution in [1.82, 2.24) is 4.98 Å². The summed E-state index contributed by atoms with van der Waals surface area (Å²) in [5, 5.41) is -1.12. The van der Waals surface area contributed by atoms with E-state index >= 15 is 0 Å². The van der Waals surface area contributed by atoms with Crippen LogP contribution in [0.5, 0.6) is 0 Å². The Kier molecular flexibility index (Phi) is 4.42. The molecule has 0 amide bonds. The minimum atomic E-state index is -4.94. The van der Waals surface area contributed by atoms with E-state index in [1.807, 2.05) is 0 Å². The summed E-state index contributed by atoms with van der Waals surface area (Å²) in [6.45, 7) is 3.06. The van der Waals surface area contributed by atoms with Gasteiger partial charge in [-0.05, 0) is 19.9 Å². The molecule has 0 fully saturated rings. The molecule has 20 heavy (non-hydrogen) atoms. The first-order chi connectivity index (χ1) is 8.93. The highest BCUT2D eigenvalue weighted by molar-refractivity contribution is 7.90. The number of esters is 1. The van der Waals surface area contributed by atoms with Gasteiger partial charge in [0.05, 0.1) is 17.2 Å². The van der Waals surface area contributed by atoms with Crippen molar-refractivity contribution in [3.8, 4) is 0 Å². The molecule has 0 radical (unpaired) electrons. The van der Waals surface area contributed by atoms with Crippen LogP contribution in [-0.2, 0) is 20.8 Å². The summed E-state index contributed by atoms with van der Waals surface area (Å²) in [7, 11) is -4.17. The number of rotatable bonds is 3. The minimum Gasteiger partial charge on any atom is -0.459 e. The van der Waals surface area contributed by atoms with Gasteiger partial charge in [-0.2, -0.15) is 13.2 Å². The normalized spacial score (nSPS) is 12.6. The summed E-state index contributed by atoms with van der Waals surface area (Å²) in [5.74, 6) is -1.00. The summed E-state index contributed by atoms with van der Waals surface area (Å²) < 4.78 is 65.8. The molecule has 0 aromatic carbocycles. The molecule has 5 nitrogen and oxygen atoms in total. The highest BCUT2D eigenvalue weighted by Gasteiger charge is 2.38. The number of halogens is 3. The Morgan fingerprint density at radius 3 is 2.30 bits per heavy atom. The molecule has 1 aromatic heterocycles. The molecule has 0 saturated carbocycles. The van der Waals surface area contributed by atoms with Gasteiger partial charge in [0.15, 0.2) is 14.9 Å². The Morgan fingerprint density at radius 2 is 1.90 bits per heavy atom. The number of hydrogen-bond acceptors (Lipinski definition) is 5. The third-order valence-electron chi connectivity index (χ3n) is 2.09. The first-order valence-corrected chi connectivity index (χ1v) is 7.30. The maximum atomic E-state index is 12.8. The highest BCUT2D eigenvalue weighted by atomic mass is 32.2. The van der Waals surface area contributed by atoms with Crippen molar-refractivity contribution in [1.29, 1.82) is 0 Å². The molecule has 1 heterocycles. The number of carbonyl (C=O) groups excluding carboxylic acids is 1. The van der Waals surface area contributed by atoms with Gasteiger partial charge in [-0.25, -0.2) is 18.2 Å². The van der Waals surface area contributed by atoms with Gasteiger partial charge in [0.25, 0.3) is 0 Å². The first-order valence-electron chi connectivity index (χ1n) is 5.41. The molecule has 0 aliphatic carbocycles. The summed E-state index contributed by atoms with van der Waals surface area (Å²) in [6, 6.07) is 0.425. The maximum absolute atomic E-state index is 12.8. The Labute approximate surface area is 113 Å². The Bertz CT molecular complexity index is 623. The number of carbonyl (C=O) groups is 1. The molecule has 0 N–H and O–H groups in total. The summed E-state index contributed by atoms with van der Waals surface area (Å²) in [5.41, 5.74) is -1.95. The average molecular weight is 311 g/mol. The van der Waals surface area contributed by atoms with E-state index in [-0.39, 0.29) is 0 Å². The average Bonchev–Trinajstić information content (AvgIpc) is 2.24. The Morgan fingerprint density at radius 1 is 1.35 bits per heavy atom. The van der Waals surface area contributed by atoms with E-state index in [4.69, 9.17) is 4.74 Å². The van der Waals surface area contributed by atoms with E-state index in [1.165, 1.54) is 13.8 Å². The van der Waals surface area contributed by atoms with Crippen LogP contribution >= 0.6 is 0 Å². The standard InChI is InChI=1S/C11H12F3NO4S/c1-6(2)19-10(16)7-4-8(11(12,13)14)9(15-5-7)20(3,17)18/h4-6H,1-3H3. The SMILES string of the molecule is CC(C)OC(=O)c1cnc(S(C)(=O)=O)c(C(F)(F)F)c1. The van der Waals surface area contributed by atoms with Crippen molar-refractivity contribution < 1.29 is 31.1 Å². The van der Waals surface area contributed by atoms with Crippen LogP contribution in [0.4, 0.5) is 13.2 Å². The van der Waals surface area contributed by atoms with Gasteiger partial charge in [-0.3, -0.25) is 0 Å². The lowest BCUT2D eigenvalue weighted by atomic mass is 10.2. The van der Waals surface area contributed by atoms with Gasteiger partial charge in [-0.15, -0.1) is 0 Å². The summed E-state index contributed by atoms with van der Waals surface area (Å²) in [4.78, 5) is 14.8. The molecule has 0 atom stereocenters. The number of sulfone groups is 1. The van der Waals surface area contributed by atoms with Crippen molar-refractivity contribution in [2.45, 2.75) is 31.2 Å². The zero-order valence-corrected chi connectivity index (χ0v) is 11.7. The van der Waals surface area contributed by atoms with Gasteiger partial charge >= 0.3 is 12.1 Å². The van der Waals surface area contributed by atoms with Gasteiger partial charge in [0.1, 0.15) is 0 Å². The molecule has 1 rings (SSSR count). The molecule has 0 bridgehead atoms. The minimum absolute atomic E-state index is 0.425. The van der Waals surface area contributed by atoms with Crippen molar-refractivity contribution in [3.63, 3.8) is 0 Å². The van der Waals surface area contributed by atoms with Crippen molar-refractivity contribution >= 4 is 15.8 Å². The van der Waals surface area contributed by atoms with Gasteiger partial charge in [0.2, 0.25) is 0 Å². The lowest BCUT2D eigenvalue weighted by Gasteiger charge is -2.13. The molecule has 112 valence electrons. The monoisotopic (exact) mass is 311 g/mol. The van der Waals surface area contributed by atoms with Crippen LogP contribution in [0.3, 0.4) is 0 Å². The fraction of sp³-hybridized carbons (Fsp3) is 0.455. The van der Waals surface area contributed by atoms with Crippen LogP contribution < -0.4 is 0 Å². The lowest BCUT2D eigenvalue weighted by molar-refractivity contribution is -0.140. The van der Waals surface area contributed by atoms with Crippen LogP contribution in [0.15, 0.2) is 17.3 Å². The van der Waals surface area contributed by atoms with Crippen LogP contribution in [0.1, 0.15) is 29.8 Å². The molecule has 0 aliphatic heterocycles. The zero-order valence-electron chi connectivity index (χ0n) is 10.9. The second kappa shape index (κ2) is 5.39. The smallest absolute Gasteiger partial charge is 0.419 e. The molecule has 0 spiro atoms. The quantitative estimate of drug-likeness (QED) is 0.799. The van der Waals surface area contributed by atoms with Crippen LogP contribution in [0.2, 0.25) is 0 Å². The van der Waals surface area contributed by atoms with E-state index in [0.717, 1.165) is 6.20 Å². The molecule has 1 aromatic rings.